The maximum Gasteiger partial charge on any atom is 0.226 e. The molecule has 2 aliphatic rings. The topological polar surface area (TPSA) is 55.6 Å². The van der Waals surface area contributed by atoms with Gasteiger partial charge in [0.05, 0.1) is 6.10 Å². The maximum absolute atomic E-state index is 12.6. The number of nitrogens with two attached hydrogens (primary N) is 1. The van der Waals surface area contributed by atoms with Crippen molar-refractivity contribution in [3.8, 4) is 0 Å². The molecule has 0 aromatic heterocycles. The average molecular weight is 254 g/mol. The predicted octanol–water partition coefficient (Wildman–Crippen LogP) is 1.39. The molecule has 1 amide bonds. The summed E-state index contributed by atoms with van der Waals surface area (Å²) >= 11 is 0. The van der Waals surface area contributed by atoms with Crippen molar-refractivity contribution in [1.82, 2.24) is 4.90 Å². The summed E-state index contributed by atoms with van der Waals surface area (Å²) < 4.78 is 5.60. The highest BCUT2D eigenvalue weighted by Crippen LogP contribution is 2.31. The van der Waals surface area contributed by atoms with Gasteiger partial charge in [-0.1, -0.05) is 6.92 Å². The SMILES string of the molecule is CC1CN(C(=O)C2CC(N)CCC2C)CCCO1. The number of carbonyl (C=O) groups is 1. The number of hydrogen-bond acceptors (Lipinski definition) is 3. The molecule has 2 rings (SSSR count). The molecule has 0 aromatic rings. The van der Waals surface area contributed by atoms with E-state index in [0.717, 1.165) is 45.4 Å². The Kier molecular flexibility index (Phi) is 4.62. The van der Waals surface area contributed by atoms with E-state index >= 15 is 0 Å². The number of ether oxygens (including phenoxy) is 1. The fraction of sp³-hybridized carbons (Fsp3) is 0.929. The molecular weight excluding hydrogens is 228 g/mol. The van der Waals surface area contributed by atoms with Crippen LogP contribution in [0, 0.1) is 11.8 Å². The highest BCUT2D eigenvalue weighted by molar-refractivity contribution is 5.79. The smallest absolute Gasteiger partial charge is 0.226 e. The minimum absolute atomic E-state index is 0.124. The summed E-state index contributed by atoms with van der Waals surface area (Å²) in [5.74, 6) is 0.894. The third-order valence-corrected chi connectivity index (χ3v) is 4.32. The molecule has 0 radical (unpaired) electrons. The van der Waals surface area contributed by atoms with Gasteiger partial charge in [0.25, 0.3) is 0 Å². The second-order valence-electron chi connectivity index (χ2n) is 5.98. The molecule has 0 spiro atoms. The molecule has 2 fully saturated rings. The maximum atomic E-state index is 12.6. The Morgan fingerprint density at radius 2 is 2.11 bits per heavy atom. The number of carbonyl (C=O) groups excluding carboxylic acids is 1. The number of nitrogens with zero attached hydrogens (tertiary/aromatic N) is 1. The number of hydrogen-bond donors (Lipinski definition) is 1. The van der Waals surface area contributed by atoms with Crippen molar-refractivity contribution in [2.75, 3.05) is 19.7 Å². The van der Waals surface area contributed by atoms with Crippen molar-refractivity contribution in [2.24, 2.45) is 17.6 Å². The minimum Gasteiger partial charge on any atom is -0.377 e. The zero-order valence-electron chi connectivity index (χ0n) is 11.6. The van der Waals surface area contributed by atoms with Crippen molar-refractivity contribution in [1.29, 1.82) is 0 Å². The summed E-state index contributed by atoms with van der Waals surface area (Å²) in [6.45, 7) is 6.57. The Hall–Kier alpha value is -0.610. The molecular formula is C14H26N2O2. The Morgan fingerprint density at radius 1 is 1.33 bits per heavy atom. The molecule has 4 heteroatoms. The van der Waals surface area contributed by atoms with Crippen LogP contribution in [0.3, 0.4) is 0 Å². The highest BCUT2D eigenvalue weighted by Gasteiger charge is 2.34. The number of rotatable bonds is 1. The zero-order valence-corrected chi connectivity index (χ0v) is 11.6. The van der Waals surface area contributed by atoms with Crippen LogP contribution in [0.15, 0.2) is 0 Å². The Bertz CT molecular complexity index is 296. The lowest BCUT2D eigenvalue weighted by molar-refractivity contribution is -0.139. The van der Waals surface area contributed by atoms with Gasteiger partial charge < -0.3 is 15.4 Å². The van der Waals surface area contributed by atoms with E-state index in [1.807, 2.05) is 11.8 Å². The van der Waals surface area contributed by atoms with Crippen LogP contribution < -0.4 is 5.73 Å². The van der Waals surface area contributed by atoms with Gasteiger partial charge in [-0.2, -0.15) is 0 Å². The number of amides is 1. The molecule has 1 aliphatic heterocycles. The fourth-order valence-corrected chi connectivity index (χ4v) is 3.13. The van der Waals surface area contributed by atoms with Gasteiger partial charge >= 0.3 is 0 Å². The van der Waals surface area contributed by atoms with Crippen molar-refractivity contribution in [2.45, 2.75) is 51.7 Å². The summed E-state index contributed by atoms with van der Waals surface area (Å²) in [6, 6.07) is 0.204. The van der Waals surface area contributed by atoms with Crippen molar-refractivity contribution >= 4 is 5.91 Å². The largest absolute Gasteiger partial charge is 0.377 e. The molecule has 4 nitrogen and oxygen atoms in total. The fourth-order valence-electron chi connectivity index (χ4n) is 3.13. The van der Waals surface area contributed by atoms with Gasteiger partial charge in [-0.3, -0.25) is 4.79 Å². The van der Waals surface area contributed by atoms with Crippen molar-refractivity contribution in [3.63, 3.8) is 0 Å². The first kappa shape index (κ1) is 13.8. The van der Waals surface area contributed by atoms with Crippen LogP contribution in [0.5, 0.6) is 0 Å². The van der Waals surface area contributed by atoms with E-state index in [2.05, 4.69) is 6.92 Å². The van der Waals surface area contributed by atoms with Crippen LogP contribution in [-0.2, 0) is 9.53 Å². The molecule has 1 aliphatic carbocycles. The molecule has 1 heterocycles. The Morgan fingerprint density at radius 3 is 2.89 bits per heavy atom. The van der Waals surface area contributed by atoms with Gasteiger partial charge in [0.1, 0.15) is 0 Å². The summed E-state index contributed by atoms with van der Waals surface area (Å²) in [4.78, 5) is 14.6. The summed E-state index contributed by atoms with van der Waals surface area (Å²) in [5.41, 5.74) is 6.02. The van der Waals surface area contributed by atoms with Gasteiger partial charge in [0, 0.05) is 31.7 Å². The van der Waals surface area contributed by atoms with Crippen molar-refractivity contribution in [3.05, 3.63) is 0 Å². The summed E-state index contributed by atoms with van der Waals surface area (Å²) in [6.07, 6.45) is 4.10. The van der Waals surface area contributed by atoms with E-state index in [4.69, 9.17) is 10.5 Å². The van der Waals surface area contributed by atoms with E-state index in [-0.39, 0.29) is 18.1 Å². The van der Waals surface area contributed by atoms with Crippen molar-refractivity contribution < 1.29 is 9.53 Å². The van der Waals surface area contributed by atoms with Gasteiger partial charge in [-0.05, 0) is 38.5 Å². The van der Waals surface area contributed by atoms with E-state index < -0.39 is 0 Å². The molecule has 0 aromatic carbocycles. The van der Waals surface area contributed by atoms with Crippen LogP contribution in [0.4, 0.5) is 0 Å². The Balaban J connectivity index is 2.00. The van der Waals surface area contributed by atoms with E-state index in [1.165, 1.54) is 0 Å². The lowest BCUT2D eigenvalue weighted by Crippen LogP contribution is -2.45. The van der Waals surface area contributed by atoms with E-state index in [9.17, 15) is 4.79 Å². The second-order valence-corrected chi connectivity index (χ2v) is 5.98. The molecule has 18 heavy (non-hydrogen) atoms. The van der Waals surface area contributed by atoms with Gasteiger partial charge in [0.15, 0.2) is 0 Å². The first-order valence-electron chi connectivity index (χ1n) is 7.24. The van der Waals surface area contributed by atoms with Gasteiger partial charge in [-0.25, -0.2) is 0 Å². The molecule has 2 N–H and O–H groups in total. The molecule has 1 saturated carbocycles. The van der Waals surface area contributed by atoms with Crippen LogP contribution >= 0.6 is 0 Å². The van der Waals surface area contributed by atoms with E-state index in [0.29, 0.717) is 11.8 Å². The highest BCUT2D eigenvalue weighted by atomic mass is 16.5. The predicted molar refractivity (Wildman–Crippen MR) is 71.1 cm³/mol. The third kappa shape index (κ3) is 3.23. The second kappa shape index (κ2) is 6.02. The van der Waals surface area contributed by atoms with Gasteiger partial charge in [0.2, 0.25) is 5.91 Å². The van der Waals surface area contributed by atoms with Gasteiger partial charge in [-0.15, -0.1) is 0 Å². The first-order chi connectivity index (χ1) is 8.58. The first-order valence-corrected chi connectivity index (χ1v) is 7.24. The molecule has 104 valence electrons. The summed E-state index contributed by atoms with van der Waals surface area (Å²) in [7, 11) is 0. The van der Waals surface area contributed by atoms with Crippen LogP contribution in [0.1, 0.15) is 39.5 Å². The lowest BCUT2D eigenvalue weighted by Gasteiger charge is -2.35. The van der Waals surface area contributed by atoms with Crippen LogP contribution in [0.2, 0.25) is 0 Å². The minimum atomic E-state index is 0.124. The molecule has 4 unspecified atom stereocenters. The monoisotopic (exact) mass is 254 g/mol. The molecule has 1 saturated heterocycles. The van der Waals surface area contributed by atoms with E-state index in [1.54, 1.807) is 0 Å². The lowest BCUT2D eigenvalue weighted by atomic mass is 9.77. The third-order valence-electron chi connectivity index (χ3n) is 4.32. The molecule has 0 bridgehead atoms. The van der Waals surface area contributed by atoms with Crippen LogP contribution in [0.25, 0.3) is 0 Å². The Labute approximate surface area is 110 Å². The average Bonchev–Trinajstić information content (AvgIpc) is 2.56. The zero-order chi connectivity index (χ0) is 13.1. The molecule has 4 atom stereocenters. The normalized spacial score (nSPS) is 38.3. The quantitative estimate of drug-likeness (QED) is 0.769. The standard InChI is InChI=1S/C14H26N2O2/c1-10-4-5-12(15)8-13(10)14(17)16-6-3-7-18-11(2)9-16/h10-13H,3-9,15H2,1-2H3. The summed E-state index contributed by atoms with van der Waals surface area (Å²) in [5, 5.41) is 0. The van der Waals surface area contributed by atoms with Crippen LogP contribution in [-0.4, -0.2) is 42.6 Å².